The van der Waals surface area contributed by atoms with Crippen LogP contribution in [0, 0.1) is 0 Å². The Morgan fingerprint density at radius 3 is 2.27 bits per heavy atom. The molecule has 30 heavy (non-hydrogen) atoms. The lowest BCUT2D eigenvalue weighted by molar-refractivity contribution is -0.143. The quantitative estimate of drug-likeness (QED) is 0.274. The predicted octanol–water partition coefficient (Wildman–Crippen LogP) is 2.33. The van der Waals surface area contributed by atoms with E-state index in [9.17, 15) is 14.4 Å². The van der Waals surface area contributed by atoms with Gasteiger partial charge < -0.3 is 25.4 Å². The summed E-state index contributed by atoms with van der Waals surface area (Å²) in [4.78, 5) is 34.3. The van der Waals surface area contributed by atoms with E-state index in [1.807, 2.05) is 20.8 Å². The molecule has 0 aliphatic rings. The first-order valence-corrected chi connectivity index (χ1v) is 10.7. The van der Waals surface area contributed by atoms with Crippen LogP contribution in [-0.2, 0) is 23.9 Å². The topological polar surface area (TPSA) is 106 Å². The Labute approximate surface area is 182 Å². The van der Waals surface area contributed by atoms with E-state index >= 15 is 0 Å². The van der Waals surface area contributed by atoms with E-state index in [2.05, 4.69) is 22.5 Å². The third-order valence-corrected chi connectivity index (χ3v) is 3.85. The summed E-state index contributed by atoms with van der Waals surface area (Å²) >= 11 is 0. The first kappa shape index (κ1) is 30.3. The van der Waals surface area contributed by atoms with Crippen LogP contribution in [0.4, 0.5) is 0 Å². The lowest BCUT2D eigenvalue weighted by Gasteiger charge is -2.25. The number of hydrogen-bond donors (Lipinski definition) is 3. The second-order valence-corrected chi connectivity index (χ2v) is 7.43. The molecule has 0 aromatic heterocycles. The Morgan fingerprint density at radius 2 is 1.70 bits per heavy atom. The highest BCUT2D eigenvalue weighted by Crippen LogP contribution is 2.11. The zero-order valence-electron chi connectivity index (χ0n) is 19.8. The highest BCUT2D eigenvalue weighted by Gasteiger charge is 2.27. The molecule has 0 aliphatic heterocycles. The minimum absolute atomic E-state index is 0.0313. The second-order valence-electron chi connectivity index (χ2n) is 7.43. The molecule has 0 aliphatic carbocycles. The van der Waals surface area contributed by atoms with Crippen molar-refractivity contribution in [2.75, 3.05) is 32.8 Å². The van der Waals surface area contributed by atoms with Crippen LogP contribution in [-0.4, -0.2) is 62.3 Å². The molecule has 3 amide bonds. The smallest absolute Gasteiger partial charge is 0.251 e. The van der Waals surface area contributed by atoms with Gasteiger partial charge in [-0.3, -0.25) is 14.4 Å². The molecule has 3 N–H and O–H groups in total. The molecular formula is C22H43N3O5. The zero-order valence-corrected chi connectivity index (χ0v) is 19.8. The van der Waals surface area contributed by atoms with Crippen molar-refractivity contribution in [3.8, 4) is 0 Å². The Bertz CT molecular complexity index is 495. The summed E-state index contributed by atoms with van der Waals surface area (Å²) in [6, 6.07) is 0. The Morgan fingerprint density at radius 1 is 1.07 bits per heavy atom. The van der Waals surface area contributed by atoms with E-state index < -0.39 is 5.60 Å². The van der Waals surface area contributed by atoms with Gasteiger partial charge in [-0.1, -0.05) is 13.0 Å². The fourth-order valence-electron chi connectivity index (χ4n) is 2.13. The van der Waals surface area contributed by atoms with Gasteiger partial charge in [-0.15, -0.1) is 6.58 Å². The maximum atomic E-state index is 12.0. The lowest BCUT2D eigenvalue weighted by atomic mass is 10.1. The number of carbonyl (C=O) groups is 3. The number of amides is 3. The number of hydrogen-bond acceptors (Lipinski definition) is 5. The molecule has 0 fully saturated rings. The van der Waals surface area contributed by atoms with E-state index in [1.165, 1.54) is 6.92 Å². The molecule has 0 rings (SSSR count). The van der Waals surface area contributed by atoms with Crippen LogP contribution in [0.25, 0.3) is 0 Å². The van der Waals surface area contributed by atoms with Gasteiger partial charge in [0.1, 0.15) is 5.60 Å². The molecular weight excluding hydrogens is 386 g/mol. The maximum absolute atomic E-state index is 12.0. The molecule has 8 nitrogen and oxygen atoms in total. The molecule has 8 heteroatoms. The van der Waals surface area contributed by atoms with Crippen molar-refractivity contribution in [1.29, 1.82) is 0 Å². The Hall–Kier alpha value is -1.93. The fraction of sp³-hybridized carbons (Fsp3) is 0.773. The van der Waals surface area contributed by atoms with E-state index in [-0.39, 0.29) is 23.8 Å². The third-order valence-electron chi connectivity index (χ3n) is 3.85. The van der Waals surface area contributed by atoms with Crippen LogP contribution >= 0.6 is 0 Å². The number of carbonyl (C=O) groups excluding carboxylic acids is 3. The van der Waals surface area contributed by atoms with Gasteiger partial charge in [-0.25, -0.2) is 0 Å². The Balaban J connectivity index is 0. The van der Waals surface area contributed by atoms with Crippen LogP contribution < -0.4 is 16.0 Å². The summed E-state index contributed by atoms with van der Waals surface area (Å²) in [5.74, 6) is -0.259. The molecule has 0 radical (unpaired) electrons. The Kier molecular flexibility index (Phi) is 19.2. The molecule has 0 saturated carbocycles. The number of ether oxygens (including phenoxy) is 2. The van der Waals surface area contributed by atoms with E-state index in [0.29, 0.717) is 52.1 Å². The van der Waals surface area contributed by atoms with Gasteiger partial charge in [-0.05, 0) is 47.0 Å². The van der Waals surface area contributed by atoms with E-state index in [4.69, 9.17) is 9.47 Å². The first-order valence-electron chi connectivity index (χ1n) is 10.7. The van der Waals surface area contributed by atoms with Gasteiger partial charge >= 0.3 is 0 Å². The van der Waals surface area contributed by atoms with Crippen molar-refractivity contribution in [1.82, 2.24) is 16.0 Å². The molecule has 176 valence electrons. The van der Waals surface area contributed by atoms with Crippen LogP contribution in [0.15, 0.2) is 12.7 Å². The predicted molar refractivity (Wildman–Crippen MR) is 120 cm³/mol. The zero-order chi connectivity index (χ0) is 23.4. The highest BCUT2D eigenvalue weighted by atomic mass is 16.5. The largest absolute Gasteiger partial charge is 0.377 e. The summed E-state index contributed by atoms with van der Waals surface area (Å²) in [6.07, 6.45) is 4.25. The van der Waals surface area contributed by atoms with Gasteiger partial charge in [0, 0.05) is 33.0 Å². The number of rotatable bonds is 15. The SMILES string of the molecule is C=CC.CCCNC(=O)C(C)(C)OCCC(C)OCCNC(=O)CCCNC(C)=O. The van der Waals surface area contributed by atoms with Crippen molar-refractivity contribution in [2.24, 2.45) is 0 Å². The standard InChI is InChI=1S/C19H37N3O5.C3H6/c1-6-10-22-18(25)19(4,5)27-13-9-15(2)26-14-12-21-17(24)8-7-11-20-16(3)23;1-3-2/h15H,6-14H2,1-5H3,(H,20,23)(H,21,24)(H,22,25);3H,1H2,2H3. The fourth-order valence-corrected chi connectivity index (χ4v) is 2.13. The average molecular weight is 430 g/mol. The summed E-state index contributed by atoms with van der Waals surface area (Å²) < 4.78 is 11.3. The monoisotopic (exact) mass is 429 g/mol. The summed E-state index contributed by atoms with van der Waals surface area (Å²) in [5, 5.41) is 8.26. The third kappa shape index (κ3) is 19.4. The van der Waals surface area contributed by atoms with Crippen LogP contribution in [0.2, 0.25) is 0 Å². The van der Waals surface area contributed by atoms with Crippen molar-refractivity contribution in [3.63, 3.8) is 0 Å². The van der Waals surface area contributed by atoms with Crippen molar-refractivity contribution in [3.05, 3.63) is 12.7 Å². The minimum Gasteiger partial charge on any atom is -0.377 e. The number of nitrogens with one attached hydrogen (secondary N) is 3. The molecule has 0 bridgehead atoms. The molecule has 0 aromatic rings. The van der Waals surface area contributed by atoms with E-state index in [1.54, 1.807) is 19.9 Å². The average Bonchev–Trinajstić information content (AvgIpc) is 2.67. The summed E-state index contributed by atoms with van der Waals surface area (Å²) in [6.45, 7) is 16.6. The van der Waals surface area contributed by atoms with Gasteiger partial charge in [0.2, 0.25) is 11.8 Å². The van der Waals surface area contributed by atoms with Crippen molar-refractivity contribution < 1.29 is 23.9 Å². The van der Waals surface area contributed by atoms with Gasteiger partial charge in [-0.2, -0.15) is 0 Å². The van der Waals surface area contributed by atoms with Crippen molar-refractivity contribution >= 4 is 17.7 Å². The lowest BCUT2D eigenvalue weighted by Crippen LogP contribution is -2.44. The molecule has 0 aromatic carbocycles. The van der Waals surface area contributed by atoms with Crippen LogP contribution in [0.5, 0.6) is 0 Å². The van der Waals surface area contributed by atoms with E-state index in [0.717, 1.165) is 6.42 Å². The van der Waals surface area contributed by atoms with Crippen LogP contribution in [0.1, 0.15) is 67.2 Å². The van der Waals surface area contributed by atoms with Gasteiger partial charge in [0.05, 0.1) is 19.3 Å². The molecule has 1 atom stereocenters. The maximum Gasteiger partial charge on any atom is 0.251 e. The normalized spacial score (nSPS) is 11.5. The number of allylic oxidation sites excluding steroid dienone is 1. The summed E-state index contributed by atoms with van der Waals surface area (Å²) in [7, 11) is 0. The second kappa shape index (κ2) is 19.1. The molecule has 0 spiro atoms. The van der Waals surface area contributed by atoms with Gasteiger partial charge in [0.25, 0.3) is 5.91 Å². The minimum atomic E-state index is -0.861. The van der Waals surface area contributed by atoms with Gasteiger partial charge in [0.15, 0.2) is 0 Å². The molecule has 0 heterocycles. The first-order chi connectivity index (χ1) is 14.1. The van der Waals surface area contributed by atoms with Crippen LogP contribution in [0.3, 0.4) is 0 Å². The summed E-state index contributed by atoms with van der Waals surface area (Å²) in [5.41, 5.74) is -0.861. The molecule has 0 saturated heterocycles. The molecule has 1 unspecified atom stereocenters. The van der Waals surface area contributed by atoms with Crippen molar-refractivity contribution in [2.45, 2.75) is 78.9 Å². The highest BCUT2D eigenvalue weighted by molar-refractivity contribution is 5.84.